The van der Waals surface area contributed by atoms with Crippen LogP contribution in [-0.2, 0) is 4.79 Å². The van der Waals surface area contributed by atoms with Gasteiger partial charge in [-0.2, -0.15) is 0 Å². The van der Waals surface area contributed by atoms with E-state index in [-0.39, 0.29) is 11.6 Å². The van der Waals surface area contributed by atoms with Crippen molar-refractivity contribution in [2.45, 2.75) is 0 Å². The summed E-state index contributed by atoms with van der Waals surface area (Å²) in [5.74, 6) is -0.210. The highest BCUT2D eigenvalue weighted by atomic mass is 16.1. The van der Waals surface area contributed by atoms with Gasteiger partial charge in [-0.05, 0) is 24.3 Å². The minimum absolute atomic E-state index is 0.0947. The molecule has 2 aliphatic carbocycles. The molecule has 0 bridgehead atoms. The summed E-state index contributed by atoms with van der Waals surface area (Å²) in [4.78, 5) is 27.0. The maximum absolute atomic E-state index is 11.6. The van der Waals surface area contributed by atoms with Crippen molar-refractivity contribution in [3.8, 4) is 0 Å². The van der Waals surface area contributed by atoms with Crippen molar-refractivity contribution in [2.75, 3.05) is 0 Å². The summed E-state index contributed by atoms with van der Waals surface area (Å²) in [6, 6.07) is 1.87. The van der Waals surface area contributed by atoms with E-state index in [4.69, 9.17) is 0 Å². The number of nitrogens with zero attached hydrogens (tertiary/aromatic N) is 1. The molecule has 1 aromatic rings. The van der Waals surface area contributed by atoms with Crippen molar-refractivity contribution in [3.63, 3.8) is 0 Å². The first-order chi connectivity index (χ1) is 7.74. The van der Waals surface area contributed by atoms with Gasteiger partial charge in [0.25, 0.3) is 0 Å². The van der Waals surface area contributed by atoms with Gasteiger partial charge in [0, 0.05) is 16.9 Å². The van der Waals surface area contributed by atoms with E-state index < -0.39 is 0 Å². The zero-order chi connectivity index (χ0) is 11.1. The van der Waals surface area contributed by atoms with Crippen LogP contribution < -0.4 is 10.6 Å². The van der Waals surface area contributed by atoms with Gasteiger partial charge in [-0.1, -0.05) is 12.2 Å². The number of carbonyl (C=O) groups excluding carboxylic acids is 2. The van der Waals surface area contributed by atoms with Gasteiger partial charge in [-0.3, -0.25) is 9.59 Å². The quantitative estimate of drug-likeness (QED) is 0.603. The lowest BCUT2D eigenvalue weighted by atomic mass is 10.0. The second-order valence-electron chi connectivity index (χ2n) is 3.67. The van der Waals surface area contributed by atoms with Gasteiger partial charge in [-0.25, -0.2) is 4.98 Å². The number of carbonyl (C=O) groups is 2. The van der Waals surface area contributed by atoms with E-state index in [2.05, 4.69) is 4.98 Å². The predicted octanol–water partition coefficient (Wildman–Crippen LogP) is -0.00900. The smallest absolute Gasteiger partial charge is 0.204 e. The molecule has 0 unspecified atom stereocenters. The lowest BCUT2D eigenvalue weighted by Gasteiger charge is -2.06. The number of allylic oxidation sites excluding steroid dienone is 3. The van der Waals surface area contributed by atoms with Crippen molar-refractivity contribution in [2.24, 2.45) is 0 Å². The highest BCUT2D eigenvalue weighted by molar-refractivity contribution is 6.16. The Kier molecular flexibility index (Phi) is 1.74. The Bertz CT molecular complexity index is 693. The van der Waals surface area contributed by atoms with Crippen LogP contribution in [-0.4, -0.2) is 16.6 Å². The molecule has 0 radical (unpaired) electrons. The molecule has 0 fully saturated rings. The summed E-state index contributed by atoms with van der Waals surface area (Å²) in [6.45, 7) is 0. The highest BCUT2D eigenvalue weighted by Crippen LogP contribution is 2.02. The van der Waals surface area contributed by atoms with E-state index in [0.29, 0.717) is 11.0 Å². The maximum atomic E-state index is 11.6. The average molecular weight is 209 g/mol. The third-order valence-corrected chi connectivity index (χ3v) is 2.58. The molecule has 1 heterocycles. The lowest BCUT2D eigenvalue weighted by molar-refractivity contribution is -0.109. The zero-order valence-corrected chi connectivity index (χ0v) is 8.31. The fourth-order valence-electron chi connectivity index (χ4n) is 1.81. The number of aromatic nitrogens is 1. The van der Waals surface area contributed by atoms with Gasteiger partial charge in [-0.15, -0.1) is 0 Å². The Balaban J connectivity index is 2.40. The highest BCUT2D eigenvalue weighted by Gasteiger charge is 2.12. The average Bonchev–Trinajstić information content (AvgIpc) is 2.28. The zero-order valence-electron chi connectivity index (χ0n) is 8.31. The van der Waals surface area contributed by atoms with Gasteiger partial charge in [0.1, 0.15) is 5.69 Å². The van der Waals surface area contributed by atoms with Crippen molar-refractivity contribution >= 4 is 29.8 Å². The van der Waals surface area contributed by atoms with Gasteiger partial charge in [0.2, 0.25) is 5.78 Å². The van der Waals surface area contributed by atoms with E-state index in [0.717, 1.165) is 10.8 Å². The summed E-state index contributed by atoms with van der Waals surface area (Å²) in [6.07, 6.45) is 9.69. The van der Waals surface area contributed by atoms with Crippen molar-refractivity contribution in [3.05, 3.63) is 46.1 Å². The van der Waals surface area contributed by atoms with Crippen molar-refractivity contribution in [1.82, 2.24) is 4.98 Å². The van der Waals surface area contributed by atoms with Crippen LogP contribution in [0.3, 0.4) is 0 Å². The minimum Gasteiger partial charge on any atom is -0.290 e. The molecule has 76 valence electrons. The molecule has 3 heteroatoms. The van der Waals surface area contributed by atoms with E-state index in [9.17, 15) is 9.59 Å². The van der Waals surface area contributed by atoms with Gasteiger partial charge < -0.3 is 0 Å². The molecule has 0 amide bonds. The fraction of sp³-hybridized carbons (Fsp3) is 0. The third-order valence-electron chi connectivity index (χ3n) is 2.58. The number of hydrogen-bond donors (Lipinski definition) is 0. The van der Waals surface area contributed by atoms with Crippen molar-refractivity contribution in [1.29, 1.82) is 0 Å². The molecule has 0 spiro atoms. The SMILES string of the molecule is O=C1C=Cc2cc3c(nc2=C1)C(=O)C=CC=3. The molecule has 3 rings (SSSR count). The molecule has 16 heavy (non-hydrogen) atoms. The molecule has 0 saturated carbocycles. The molecular weight excluding hydrogens is 202 g/mol. The summed E-state index contributed by atoms with van der Waals surface area (Å²) in [5, 5.41) is 1.38. The van der Waals surface area contributed by atoms with Crippen molar-refractivity contribution < 1.29 is 9.59 Å². The molecule has 0 N–H and O–H groups in total. The minimum atomic E-state index is -0.115. The molecule has 0 aliphatic heterocycles. The van der Waals surface area contributed by atoms with E-state index >= 15 is 0 Å². The summed E-state index contributed by atoms with van der Waals surface area (Å²) in [5.41, 5.74) is 1.29. The third kappa shape index (κ3) is 1.26. The van der Waals surface area contributed by atoms with Gasteiger partial charge >= 0.3 is 0 Å². The second-order valence-corrected chi connectivity index (χ2v) is 3.67. The van der Waals surface area contributed by atoms with Crippen LogP contribution >= 0.6 is 0 Å². The predicted molar refractivity (Wildman–Crippen MR) is 59.9 cm³/mol. The van der Waals surface area contributed by atoms with Gasteiger partial charge in [0.05, 0.1) is 5.35 Å². The van der Waals surface area contributed by atoms with Crippen LogP contribution in [0.2, 0.25) is 0 Å². The molecule has 1 aromatic heterocycles. The summed E-state index contributed by atoms with van der Waals surface area (Å²) in [7, 11) is 0. The standard InChI is InChI=1S/C13H7NO2/c15-10-5-4-8-6-9-2-1-3-12(16)13(9)14-11(8)7-10/h1-7H. The summed E-state index contributed by atoms with van der Waals surface area (Å²) < 4.78 is 0. The molecule has 2 aliphatic rings. The van der Waals surface area contributed by atoms with Crippen LogP contribution in [0.25, 0.3) is 18.2 Å². The number of rotatable bonds is 0. The Morgan fingerprint density at radius 3 is 2.81 bits per heavy atom. The Morgan fingerprint density at radius 2 is 1.94 bits per heavy atom. The second kappa shape index (κ2) is 3.10. The first-order valence-corrected chi connectivity index (χ1v) is 4.91. The maximum Gasteiger partial charge on any atom is 0.204 e. The van der Waals surface area contributed by atoms with Crippen LogP contribution in [0, 0.1) is 0 Å². The molecule has 0 aromatic carbocycles. The lowest BCUT2D eigenvalue weighted by Crippen LogP contribution is -2.28. The first-order valence-electron chi connectivity index (χ1n) is 4.91. The van der Waals surface area contributed by atoms with E-state index in [1.54, 1.807) is 12.2 Å². The van der Waals surface area contributed by atoms with E-state index in [1.807, 2.05) is 12.1 Å². The Labute approximate surface area is 91.1 Å². The molecule has 0 atom stereocenters. The van der Waals surface area contributed by atoms with Crippen LogP contribution in [0.1, 0.15) is 16.1 Å². The van der Waals surface area contributed by atoms with Crippen LogP contribution in [0.5, 0.6) is 0 Å². The molecule has 3 nitrogen and oxygen atoms in total. The largest absolute Gasteiger partial charge is 0.290 e. The Morgan fingerprint density at radius 1 is 1.06 bits per heavy atom. The topological polar surface area (TPSA) is 47.0 Å². The summed E-state index contributed by atoms with van der Waals surface area (Å²) >= 11 is 0. The molecular formula is C13H7NO2. The van der Waals surface area contributed by atoms with E-state index in [1.165, 1.54) is 18.2 Å². The number of hydrogen-bond acceptors (Lipinski definition) is 3. The number of fused-ring (bicyclic) bond motifs is 2. The number of ketones is 2. The van der Waals surface area contributed by atoms with Crippen LogP contribution in [0.15, 0.2) is 24.3 Å². The monoisotopic (exact) mass is 209 g/mol. The molecule has 0 saturated heterocycles. The fourth-order valence-corrected chi connectivity index (χ4v) is 1.81. The Hall–Kier alpha value is -2.29. The number of pyridine rings is 1. The van der Waals surface area contributed by atoms with Crippen LogP contribution in [0.4, 0.5) is 0 Å². The normalized spacial score (nSPS) is 16.2. The first kappa shape index (κ1) is 8.97. The van der Waals surface area contributed by atoms with Gasteiger partial charge in [0.15, 0.2) is 5.78 Å².